The van der Waals surface area contributed by atoms with Gasteiger partial charge in [0.15, 0.2) is 17.0 Å². The van der Waals surface area contributed by atoms with Gasteiger partial charge in [-0.2, -0.15) is 9.97 Å². The third-order valence-corrected chi connectivity index (χ3v) is 6.20. The van der Waals surface area contributed by atoms with E-state index in [9.17, 15) is 0 Å². The quantitative estimate of drug-likeness (QED) is 0.395. The van der Waals surface area contributed by atoms with E-state index in [1.54, 1.807) is 6.33 Å². The fourth-order valence-corrected chi connectivity index (χ4v) is 4.40. The summed E-state index contributed by atoms with van der Waals surface area (Å²) in [6, 6.07) is 14.0. The second kappa shape index (κ2) is 8.58. The number of aryl methyl sites for hydroxylation is 1. The molecule has 1 saturated heterocycles. The van der Waals surface area contributed by atoms with E-state index in [0.29, 0.717) is 42.1 Å². The van der Waals surface area contributed by atoms with Crippen LogP contribution < -0.4 is 10.2 Å². The molecule has 4 heterocycles. The normalized spacial score (nSPS) is 14.2. The number of nitrogens with zero attached hydrogens (tertiary/aromatic N) is 6. The molecule has 34 heavy (non-hydrogen) atoms. The van der Waals surface area contributed by atoms with Crippen LogP contribution >= 0.6 is 11.6 Å². The minimum absolute atomic E-state index is 0.441. The number of benzene rings is 2. The van der Waals surface area contributed by atoms with E-state index < -0.39 is 0 Å². The molecule has 0 atom stereocenters. The largest absolute Gasteiger partial charge is 0.378 e. The van der Waals surface area contributed by atoms with Gasteiger partial charge in [-0.3, -0.25) is 4.57 Å². The van der Waals surface area contributed by atoms with Gasteiger partial charge in [0.05, 0.1) is 30.3 Å². The van der Waals surface area contributed by atoms with Crippen LogP contribution in [0.4, 0.5) is 11.8 Å². The van der Waals surface area contributed by atoms with Crippen LogP contribution in [0.1, 0.15) is 11.4 Å². The number of morpholine rings is 1. The average molecular weight is 475 g/mol. The highest BCUT2D eigenvalue weighted by Gasteiger charge is 2.20. The van der Waals surface area contributed by atoms with E-state index in [1.807, 2.05) is 28.8 Å². The molecule has 0 radical (unpaired) electrons. The van der Waals surface area contributed by atoms with Crippen LogP contribution in [-0.2, 0) is 11.3 Å². The standard InChI is InChI=1S/C24H23ClN8O/c1-15-4-2-5-16(12-15)33-14-27-21-22(30-24(31-23(21)33)32-8-10-34-11-9-32)26-13-19-28-18-7-3-6-17(25)20(18)29-19/h2-7,12,14H,8-11,13H2,1H3,(H,28,29)(H,26,30,31). The Morgan fingerprint density at radius 2 is 1.91 bits per heavy atom. The molecule has 2 aromatic carbocycles. The fraction of sp³-hybridized carbons (Fsp3) is 0.250. The molecule has 0 amide bonds. The Labute approximate surface area is 200 Å². The average Bonchev–Trinajstić information content (AvgIpc) is 3.48. The maximum atomic E-state index is 6.29. The van der Waals surface area contributed by atoms with Crippen LogP contribution in [0.25, 0.3) is 27.9 Å². The van der Waals surface area contributed by atoms with Gasteiger partial charge in [-0.25, -0.2) is 9.97 Å². The van der Waals surface area contributed by atoms with Gasteiger partial charge in [0.2, 0.25) is 5.95 Å². The minimum Gasteiger partial charge on any atom is -0.378 e. The summed E-state index contributed by atoms with van der Waals surface area (Å²) in [5.41, 5.74) is 5.28. The third kappa shape index (κ3) is 3.82. The second-order valence-electron chi connectivity index (χ2n) is 8.27. The van der Waals surface area contributed by atoms with Crippen molar-refractivity contribution in [1.82, 2.24) is 29.5 Å². The number of imidazole rings is 2. The van der Waals surface area contributed by atoms with Gasteiger partial charge in [-0.15, -0.1) is 0 Å². The number of rotatable bonds is 5. The lowest BCUT2D eigenvalue weighted by atomic mass is 10.2. The van der Waals surface area contributed by atoms with E-state index in [1.165, 1.54) is 5.56 Å². The van der Waals surface area contributed by atoms with Crippen LogP contribution in [0.2, 0.25) is 5.02 Å². The molecule has 172 valence electrons. The first-order chi connectivity index (χ1) is 16.7. The van der Waals surface area contributed by atoms with Crippen molar-refractivity contribution in [2.45, 2.75) is 13.5 Å². The van der Waals surface area contributed by atoms with E-state index in [2.05, 4.69) is 50.3 Å². The van der Waals surface area contributed by atoms with Crippen LogP contribution in [0, 0.1) is 6.92 Å². The number of ether oxygens (including phenoxy) is 1. The van der Waals surface area contributed by atoms with Crippen molar-refractivity contribution in [1.29, 1.82) is 0 Å². The summed E-state index contributed by atoms with van der Waals surface area (Å²) in [6.45, 7) is 5.31. The molecule has 6 rings (SSSR count). The number of aromatic nitrogens is 6. The Morgan fingerprint density at radius 1 is 1.06 bits per heavy atom. The highest BCUT2D eigenvalue weighted by atomic mass is 35.5. The van der Waals surface area contributed by atoms with Gasteiger partial charge in [0, 0.05) is 18.8 Å². The molecule has 3 aromatic heterocycles. The number of anilines is 2. The molecule has 0 aliphatic carbocycles. The number of nitrogens with one attached hydrogen (secondary N) is 2. The highest BCUT2D eigenvalue weighted by Crippen LogP contribution is 2.27. The maximum Gasteiger partial charge on any atom is 0.229 e. The molecule has 0 bridgehead atoms. The number of aromatic amines is 1. The van der Waals surface area contributed by atoms with E-state index >= 15 is 0 Å². The smallest absolute Gasteiger partial charge is 0.229 e. The van der Waals surface area contributed by atoms with Gasteiger partial charge in [0.1, 0.15) is 17.7 Å². The van der Waals surface area contributed by atoms with Gasteiger partial charge >= 0.3 is 0 Å². The summed E-state index contributed by atoms with van der Waals surface area (Å²) >= 11 is 6.29. The monoisotopic (exact) mass is 474 g/mol. The number of fused-ring (bicyclic) bond motifs is 2. The molecule has 0 saturated carbocycles. The molecule has 10 heteroatoms. The molecule has 2 N–H and O–H groups in total. The van der Waals surface area contributed by atoms with Crippen LogP contribution in [0.3, 0.4) is 0 Å². The Balaban J connectivity index is 1.40. The number of hydrogen-bond acceptors (Lipinski definition) is 7. The van der Waals surface area contributed by atoms with Gasteiger partial charge in [-0.05, 0) is 36.8 Å². The maximum absolute atomic E-state index is 6.29. The van der Waals surface area contributed by atoms with Crippen molar-refractivity contribution < 1.29 is 4.74 Å². The van der Waals surface area contributed by atoms with Crippen molar-refractivity contribution in [3.63, 3.8) is 0 Å². The van der Waals surface area contributed by atoms with Crippen molar-refractivity contribution >= 4 is 45.6 Å². The highest BCUT2D eigenvalue weighted by molar-refractivity contribution is 6.34. The number of hydrogen-bond donors (Lipinski definition) is 2. The Kier molecular flexibility index (Phi) is 5.27. The van der Waals surface area contributed by atoms with Crippen LogP contribution in [0.5, 0.6) is 0 Å². The van der Waals surface area contributed by atoms with Gasteiger partial charge in [0.25, 0.3) is 0 Å². The predicted molar refractivity (Wildman–Crippen MR) is 133 cm³/mol. The topological polar surface area (TPSA) is 96.8 Å². The molecule has 1 aliphatic rings. The van der Waals surface area contributed by atoms with E-state index in [0.717, 1.165) is 41.3 Å². The Hall–Kier alpha value is -3.69. The Morgan fingerprint density at radius 3 is 2.74 bits per heavy atom. The van der Waals surface area contributed by atoms with Crippen molar-refractivity contribution in [2.75, 3.05) is 36.5 Å². The summed E-state index contributed by atoms with van der Waals surface area (Å²) in [5.74, 6) is 2.07. The lowest BCUT2D eigenvalue weighted by Gasteiger charge is -2.27. The fourth-order valence-electron chi connectivity index (χ4n) is 4.18. The van der Waals surface area contributed by atoms with Crippen molar-refractivity contribution in [2.24, 2.45) is 0 Å². The van der Waals surface area contributed by atoms with Crippen LogP contribution in [0.15, 0.2) is 48.8 Å². The van der Waals surface area contributed by atoms with Crippen LogP contribution in [-0.4, -0.2) is 55.8 Å². The zero-order chi connectivity index (χ0) is 23.1. The molecule has 5 aromatic rings. The zero-order valence-corrected chi connectivity index (χ0v) is 19.4. The second-order valence-corrected chi connectivity index (χ2v) is 8.68. The van der Waals surface area contributed by atoms with E-state index in [4.69, 9.17) is 26.3 Å². The first-order valence-electron chi connectivity index (χ1n) is 11.2. The minimum atomic E-state index is 0.441. The number of halogens is 1. The summed E-state index contributed by atoms with van der Waals surface area (Å²) in [7, 11) is 0. The molecular formula is C24H23ClN8O. The summed E-state index contributed by atoms with van der Waals surface area (Å²) in [5, 5.41) is 4.04. The Bertz CT molecular complexity index is 1490. The van der Waals surface area contributed by atoms with E-state index in [-0.39, 0.29) is 0 Å². The SMILES string of the molecule is Cc1cccc(-n2cnc3c(NCc4nc5c(Cl)cccc5[nH]4)nc(N4CCOCC4)nc32)c1. The number of para-hydroxylation sites is 1. The zero-order valence-electron chi connectivity index (χ0n) is 18.6. The molecule has 0 spiro atoms. The molecule has 1 aliphatic heterocycles. The summed E-state index contributed by atoms with van der Waals surface area (Å²) < 4.78 is 7.52. The predicted octanol–water partition coefficient (Wildman–Crippen LogP) is 4.10. The summed E-state index contributed by atoms with van der Waals surface area (Å²) in [6.07, 6.45) is 1.79. The number of H-pyrrole nitrogens is 1. The van der Waals surface area contributed by atoms with Gasteiger partial charge in [-0.1, -0.05) is 29.8 Å². The first kappa shape index (κ1) is 20.9. The molecule has 9 nitrogen and oxygen atoms in total. The third-order valence-electron chi connectivity index (χ3n) is 5.89. The molecular weight excluding hydrogens is 452 g/mol. The van der Waals surface area contributed by atoms with Crippen molar-refractivity contribution in [3.8, 4) is 5.69 Å². The first-order valence-corrected chi connectivity index (χ1v) is 11.6. The lowest BCUT2D eigenvalue weighted by molar-refractivity contribution is 0.122. The molecule has 0 unspecified atom stereocenters. The van der Waals surface area contributed by atoms with Crippen molar-refractivity contribution in [3.05, 3.63) is 65.2 Å². The summed E-state index contributed by atoms with van der Waals surface area (Å²) in [4.78, 5) is 24.5. The molecule has 1 fully saturated rings. The van der Waals surface area contributed by atoms with Gasteiger partial charge < -0.3 is 19.9 Å². The lowest BCUT2D eigenvalue weighted by Crippen LogP contribution is -2.37.